The summed E-state index contributed by atoms with van der Waals surface area (Å²) in [6.07, 6.45) is 4.23. The molecule has 1 heterocycles. The molecule has 0 bridgehead atoms. The zero-order chi connectivity index (χ0) is 22.2. The van der Waals surface area contributed by atoms with E-state index < -0.39 is 20.8 Å². The van der Waals surface area contributed by atoms with Gasteiger partial charge in [0.25, 0.3) is 10.1 Å². The normalized spacial score (nSPS) is 14.4. The van der Waals surface area contributed by atoms with Crippen LogP contribution in [0.1, 0.15) is 31.2 Å². The van der Waals surface area contributed by atoms with Crippen molar-refractivity contribution in [2.75, 3.05) is 7.11 Å². The maximum Gasteiger partial charge on any atom is 0.295 e. The van der Waals surface area contributed by atoms with Crippen molar-refractivity contribution < 1.29 is 22.1 Å². The van der Waals surface area contributed by atoms with E-state index in [0.29, 0.717) is 10.9 Å². The lowest BCUT2D eigenvalue weighted by atomic mass is 9.97. The Bertz CT molecular complexity index is 1390. The molecule has 4 rings (SSSR count). The summed E-state index contributed by atoms with van der Waals surface area (Å²) in [5.74, 6) is 5.78. The van der Waals surface area contributed by atoms with Gasteiger partial charge in [-0.25, -0.2) is 4.39 Å². The lowest BCUT2D eigenvalue weighted by Gasteiger charge is -2.15. The summed E-state index contributed by atoms with van der Waals surface area (Å²) in [4.78, 5) is 13.9. The highest BCUT2D eigenvalue weighted by Crippen LogP contribution is 2.40. The number of aromatic nitrogens is 1. The molecule has 1 saturated carbocycles. The number of nitrogens with one attached hydrogen (secondary N) is 1. The van der Waals surface area contributed by atoms with Gasteiger partial charge >= 0.3 is 0 Å². The molecule has 8 heteroatoms. The Labute approximate surface area is 178 Å². The predicted octanol–water partition coefficient (Wildman–Crippen LogP) is 4.13. The molecule has 3 aromatic rings. The van der Waals surface area contributed by atoms with Crippen LogP contribution in [-0.2, 0) is 10.1 Å². The Morgan fingerprint density at radius 1 is 1.16 bits per heavy atom. The Hall–Kier alpha value is -3.15. The third kappa shape index (κ3) is 4.20. The van der Waals surface area contributed by atoms with E-state index in [2.05, 4.69) is 16.8 Å². The van der Waals surface area contributed by atoms with Crippen molar-refractivity contribution in [3.63, 3.8) is 0 Å². The van der Waals surface area contributed by atoms with Crippen LogP contribution in [0.15, 0.2) is 46.1 Å². The monoisotopic (exact) mass is 441 g/mol. The van der Waals surface area contributed by atoms with E-state index in [1.54, 1.807) is 0 Å². The molecule has 2 aromatic carbocycles. The van der Waals surface area contributed by atoms with Gasteiger partial charge in [-0.1, -0.05) is 24.7 Å². The van der Waals surface area contributed by atoms with Crippen LogP contribution in [0.5, 0.6) is 5.75 Å². The standard InChI is InChI=1S/C23H20FNO5S/c1-30-20-12-15(7-6-14-4-2-3-5-14)18(24)13-17(20)23-16-8-11-22(26)25-19(16)9-10-21(23)31(27,28)29/h8-14H,2-5H2,1H3,(H,25,26)(H,27,28,29). The van der Waals surface area contributed by atoms with Gasteiger partial charge in [0.15, 0.2) is 0 Å². The number of hydrogen-bond donors (Lipinski definition) is 2. The number of hydrogen-bond acceptors (Lipinski definition) is 4. The number of benzene rings is 2. The fourth-order valence-electron chi connectivity index (χ4n) is 3.97. The topological polar surface area (TPSA) is 96.5 Å². The highest BCUT2D eigenvalue weighted by molar-refractivity contribution is 7.86. The Kier molecular flexibility index (Phi) is 5.56. The van der Waals surface area contributed by atoms with E-state index in [-0.39, 0.29) is 33.9 Å². The first-order valence-electron chi connectivity index (χ1n) is 9.81. The van der Waals surface area contributed by atoms with Crippen molar-refractivity contribution in [2.45, 2.75) is 30.6 Å². The highest BCUT2D eigenvalue weighted by Gasteiger charge is 2.23. The van der Waals surface area contributed by atoms with E-state index >= 15 is 0 Å². The van der Waals surface area contributed by atoms with Gasteiger partial charge in [-0.3, -0.25) is 9.35 Å². The largest absolute Gasteiger partial charge is 0.496 e. The Morgan fingerprint density at radius 3 is 2.58 bits per heavy atom. The van der Waals surface area contributed by atoms with Crippen LogP contribution in [0.3, 0.4) is 0 Å². The van der Waals surface area contributed by atoms with Crippen molar-refractivity contribution in [1.29, 1.82) is 0 Å². The third-order valence-electron chi connectivity index (χ3n) is 5.47. The van der Waals surface area contributed by atoms with Crippen molar-refractivity contribution in [1.82, 2.24) is 4.98 Å². The minimum absolute atomic E-state index is 0.0299. The maximum atomic E-state index is 15.0. The summed E-state index contributed by atoms with van der Waals surface area (Å²) in [6.45, 7) is 0. The van der Waals surface area contributed by atoms with Gasteiger partial charge in [0.05, 0.1) is 12.7 Å². The Morgan fingerprint density at radius 2 is 1.90 bits per heavy atom. The molecule has 31 heavy (non-hydrogen) atoms. The molecule has 1 fully saturated rings. The number of ether oxygens (including phenoxy) is 1. The first-order valence-corrected chi connectivity index (χ1v) is 11.2. The minimum Gasteiger partial charge on any atom is -0.496 e. The smallest absolute Gasteiger partial charge is 0.295 e. The molecular weight excluding hydrogens is 421 g/mol. The number of H-pyrrole nitrogens is 1. The van der Waals surface area contributed by atoms with Gasteiger partial charge < -0.3 is 9.72 Å². The molecule has 0 atom stereocenters. The molecule has 6 nitrogen and oxygen atoms in total. The fraction of sp³-hybridized carbons (Fsp3) is 0.261. The number of rotatable bonds is 3. The average Bonchev–Trinajstić information content (AvgIpc) is 3.24. The molecule has 0 radical (unpaired) electrons. The summed E-state index contributed by atoms with van der Waals surface area (Å²) >= 11 is 0. The fourth-order valence-corrected chi connectivity index (χ4v) is 4.69. The quantitative estimate of drug-likeness (QED) is 0.471. The molecule has 1 aliphatic carbocycles. The first kappa shape index (κ1) is 21.1. The van der Waals surface area contributed by atoms with E-state index in [0.717, 1.165) is 37.8 Å². The third-order valence-corrected chi connectivity index (χ3v) is 6.37. The number of methoxy groups -OCH3 is 1. The minimum atomic E-state index is -4.65. The van der Waals surface area contributed by atoms with Crippen molar-refractivity contribution >= 4 is 21.0 Å². The highest BCUT2D eigenvalue weighted by atomic mass is 32.2. The summed E-state index contributed by atoms with van der Waals surface area (Å²) in [5.41, 5.74) is 0.254. The molecule has 0 spiro atoms. The molecular formula is C23H20FNO5S. The summed E-state index contributed by atoms with van der Waals surface area (Å²) in [7, 11) is -3.27. The zero-order valence-corrected chi connectivity index (χ0v) is 17.6. The van der Waals surface area contributed by atoms with E-state index in [1.165, 1.54) is 31.4 Å². The molecule has 2 N–H and O–H groups in total. The molecule has 0 aliphatic heterocycles. The van der Waals surface area contributed by atoms with Crippen LogP contribution in [0.25, 0.3) is 22.0 Å². The average molecular weight is 441 g/mol. The molecule has 0 unspecified atom stereocenters. The van der Waals surface area contributed by atoms with Crippen LogP contribution < -0.4 is 10.3 Å². The lowest BCUT2D eigenvalue weighted by molar-refractivity contribution is 0.415. The van der Waals surface area contributed by atoms with Gasteiger partial charge in [-0.15, -0.1) is 0 Å². The molecule has 0 amide bonds. The number of pyridine rings is 1. The van der Waals surface area contributed by atoms with Crippen molar-refractivity contribution in [3.8, 4) is 28.7 Å². The van der Waals surface area contributed by atoms with Gasteiger partial charge in [-0.05, 0) is 43.2 Å². The van der Waals surface area contributed by atoms with Gasteiger partial charge in [-0.2, -0.15) is 8.42 Å². The van der Waals surface area contributed by atoms with E-state index in [4.69, 9.17) is 4.74 Å². The second-order valence-corrected chi connectivity index (χ2v) is 8.87. The lowest BCUT2D eigenvalue weighted by Crippen LogP contribution is -2.07. The second kappa shape index (κ2) is 8.17. The van der Waals surface area contributed by atoms with Crippen molar-refractivity contribution in [3.05, 3.63) is 58.1 Å². The van der Waals surface area contributed by atoms with Crippen molar-refractivity contribution in [2.24, 2.45) is 5.92 Å². The predicted molar refractivity (Wildman–Crippen MR) is 115 cm³/mol. The molecule has 0 saturated heterocycles. The number of fused-ring (bicyclic) bond motifs is 1. The van der Waals surface area contributed by atoms with Gasteiger partial charge in [0.1, 0.15) is 16.5 Å². The second-order valence-electron chi connectivity index (χ2n) is 7.48. The molecule has 1 aromatic heterocycles. The summed E-state index contributed by atoms with van der Waals surface area (Å²) in [6, 6.07) is 7.74. The SMILES string of the molecule is COc1cc(C#CC2CCCC2)c(F)cc1-c1c(S(=O)(=O)O)ccc2[nH]c(=O)ccc12. The number of halogens is 1. The summed E-state index contributed by atoms with van der Waals surface area (Å²) in [5, 5.41) is 0.317. The van der Waals surface area contributed by atoms with Gasteiger partial charge in [0.2, 0.25) is 5.56 Å². The summed E-state index contributed by atoms with van der Waals surface area (Å²) < 4.78 is 54.3. The first-order chi connectivity index (χ1) is 14.8. The van der Waals surface area contributed by atoms with Crippen LogP contribution in [0, 0.1) is 23.6 Å². The van der Waals surface area contributed by atoms with E-state index in [1.807, 2.05) is 0 Å². The van der Waals surface area contributed by atoms with E-state index in [9.17, 15) is 22.2 Å². The number of aromatic amines is 1. The molecule has 160 valence electrons. The molecule has 1 aliphatic rings. The van der Waals surface area contributed by atoms with Gasteiger partial charge in [0, 0.05) is 34.0 Å². The zero-order valence-electron chi connectivity index (χ0n) is 16.7. The Balaban J connectivity index is 1.97. The van der Waals surface area contributed by atoms with Crippen LogP contribution in [-0.4, -0.2) is 25.1 Å². The van der Waals surface area contributed by atoms with Crippen LogP contribution >= 0.6 is 0 Å². The maximum absolute atomic E-state index is 15.0. The van der Waals surface area contributed by atoms with Crippen LogP contribution in [0.4, 0.5) is 4.39 Å². The van der Waals surface area contributed by atoms with Crippen LogP contribution in [0.2, 0.25) is 0 Å².